The minimum absolute atomic E-state index is 0.276. The van der Waals surface area contributed by atoms with Crippen molar-refractivity contribution >= 4 is 5.96 Å². The first-order chi connectivity index (χ1) is 15.2. The molecule has 7 nitrogen and oxygen atoms in total. The van der Waals surface area contributed by atoms with Crippen molar-refractivity contribution in [3.8, 4) is 17.2 Å². The fourth-order valence-corrected chi connectivity index (χ4v) is 4.02. The van der Waals surface area contributed by atoms with E-state index in [0.29, 0.717) is 6.54 Å². The minimum atomic E-state index is 0.276. The summed E-state index contributed by atoms with van der Waals surface area (Å²) in [6, 6.07) is 14.5. The number of benzene rings is 2. The lowest BCUT2D eigenvalue weighted by Gasteiger charge is -2.29. The molecule has 0 amide bonds. The molecule has 1 aliphatic heterocycles. The van der Waals surface area contributed by atoms with Crippen LogP contribution in [0, 0.1) is 0 Å². The summed E-state index contributed by atoms with van der Waals surface area (Å²) in [4.78, 5) is 6.94. The number of aliphatic imine (C=N–C) groups is 1. The van der Waals surface area contributed by atoms with Crippen molar-refractivity contribution in [2.24, 2.45) is 4.99 Å². The van der Waals surface area contributed by atoms with Gasteiger partial charge in [0, 0.05) is 25.7 Å². The van der Waals surface area contributed by atoms with Gasteiger partial charge in [-0.05, 0) is 49.7 Å². The quantitative estimate of drug-likeness (QED) is 0.474. The molecule has 0 radical (unpaired) electrons. The van der Waals surface area contributed by atoms with Gasteiger partial charge in [-0.2, -0.15) is 0 Å². The molecule has 7 heteroatoms. The first-order valence-corrected chi connectivity index (χ1v) is 10.7. The first kappa shape index (κ1) is 22.7. The third-order valence-corrected chi connectivity index (χ3v) is 5.70. The van der Waals surface area contributed by atoms with E-state index in [1.165, 1.54) is 18.4 Å². The van der Waals surface area contributed by atoms with Gasteiger partial charge in [-0.25, -0.2) is 0 Å². The zero-order chi connectivity index (χ0) is 22.1. The predicted molar refractivity (Wildman–Crippen MR) is 124 cm³/mol. The molecule has 0 bridgehead atoms. The van der Waals surface area contributed by atoms with Crippen molar-refractivity contribution in [3.05, 3.63) is 53.6 Å². The van der Waals surface area contributed by atoms with E-state index in [9.17, 15) is 0 Å². The normalized spacial score (nSPS) is 15.4. The van der Waals surface area contributed by atoms with Crippen LogP contribution in [0.15, 0.2) is 47.5 Å². The van der Waals surface area contributed by atoms with Gasteiger partial charge >= 0.3 is 0 Å². The number of ether oxygens (including phenoxy) is 3. The number of para-hydroxylation sites is 1. The Morgan fingerprint density at radius 3 is 2.32 bits per heavy atom. The zero-order valence-corrected chi connectivity index (χ0v) is 19.0. The van der Waals surface area contributed by atoms with Gasteiger partial charge in [-0.3, -0.25) is 9.89 Å². The molecule has 0 aliphatic carbocycles. The molecule has 0 saturated carbocycles. The number of guanidine groups is 1. The molecular formula is C24H34N4O3. The highest BCUT2D eigenvalue weighted by atomic mass is 16.5. The predicted octanol–water partition coefficient (Wildman–Crippen LogP) is 3.21. The number of rotatable bonds is 9. The molecule has 3 rings (SSSR count). The minimum Gasteiger partial charge on any atom is -0.497 e. The maximum Gasteiger partial charge on any atom is 0.191 e. The lowest BCUT2D eigenvalue weighted by atomic mass is 10.1. The molecule has 0 spiro atoms. The molecule has 1 fully saturated rings. The highest BCUT2D eigenvalue weighted by Gasteiger charge is 2.23. The largest absolute Gasteiger partial charge is 0.497 e. The molecule has 168 valence electrons. The molecule has 2 N–H and O–H groups in total. The number of nitrogens with zero attached hydrogens (tertiary/aromatic N) is 2. The van der Waals surface area contributed by atoms with Crippen LogP contribution in [0.3, 0.4) is 0 Å². The molecule has 1 heterocycles. The Kier molecular flexibility index (Phi) is 8.41. The van der Waals surface area contributed by atoms with Crippen LogP contribution in [0.25, 0.3) is 0 Å². The Balaban J connectivity index is 1.65. The number of nitrogens with one attached hydrogen (secondary N) is 2. The molecular weight excluding hydrogens is 392 g/mol. The van der Waals surface area contributed by atoms with Crippen LogP contribution in [0.4, 0.5) is 0 Å². The van der Waals surface area contributed by atoms with Gasteiger partial charge < -0.3 is 24.8 Å². The van der Waals surface area contributed by atoms with Gasteiger partial charge in [0.1, 0.15) is 5.75 Å². The van der Waals surface area contributed by atoms with Crippen molar-refractivity contribution in [2.75, 3.05) is 48.0 Å². The van der Waals surface area contributed by atoms with Crippen molar-refractivity contribution in [3.63, 3.8) is 0 Å². The summed E-state index contributed by atoms with van der Waals surface area (Å²) >= 11 is 0. The second kappa shape index (κ2) is 11.5. The van der Waals surface area contributed by atoms with Crippen LogP contribution in [0.2, 0.25) is 0 Å². The van der Waals surface area contributed by atoms with Gasteiger partial charge in [0.05, 0.1) is 27.4 Å². The molecule has 2 aromatic rings. The van der Waals surface area contributed by atoms with E-state index in [2.05, 4.69) is 32.7 Å². The summed E-state index contributed by atoms with van der Waals surface area (Å²) in [5, 5.41) is 6.90. The van der Waals surface area contributed by atoms with Crippen molar-refractivity contribution < 1.29 is 14.2 Å². The average molecular weight is 427 g/mol. The van der Waals surface area contributed by atoms with Crippen molar-refractivity contribution in [2.45, 2.75) is 25.4 Å². The Labute approximate surface area is 185 Å². The van der Waals surface area contributed by atoms with E-state index in [4.69, 9.17) is 14.2 Å². The molecule has 1 aliphatic rings. The van der Waals surface area contributed by atoms with E-state index in [0.717, 1.165) is 48.4 Å². The maximum absolute atomic E-state index is 5.53. The van der Waals surface area contributed by atoms with Crippen LogP contribution in [-0.4, -0.2) is 58.9 Å². The fraction of sp³-hybridized carbons (Fsp3) is 0.458. The van der Waals surface area contributed by atoms with E-state index in [1.807, 2.05) is 30.3 Å². The number of likely N-dealkylation sites (tertiary alicyclic amines) is 1. The lowest BCUT2D eigenvalue weighted by molar-refractivity contribution is 0.245. The standard InChI is InChI=1S/C24H34N4O3/c1-25-24(26-16-19-8-7-9-22(30-3)23(19)31-4)27-17-21(28-14-5-6-15-28)18-10-12-20(29-2)13-11-18/h7-13,21H,5-6,14-17H2,1-4H3,(H2,25,26,27). The molecule has 1 unspecified atom stereocenters. The van der Waals surface area contributed by atoms with E-state index in [1.54, 1.807) is 28.4 Å². The van der Waals surface area contributed by atoms with Crippen LogP contribution in [-0.2, 0) is 6.54 Å². The van der Waals surface area contributed by atoms with Gasteiger partial charge in [-0.15, -0.1) is 0 Å². The van der Waals surface area contributed by atoms with Crippen LogP contribution >= 0.6 is 0 Å². The highest BCUT2D eigenvalue weighted by Crippen LogP contribution is 2.30. The molecule has 1 atom stereocenters. The monoisotopic (exact) mass is 426 g/mol. The average Bonchev–Trinajstić information content (AvgIpc) is 3.35. The lowest BCUT2D eigenvalue weighted by Crippen LogP contribution is -2.42. The summed E-state index contributed by atoms with van der Waals surface area (Å²) in [7, 11) is 6.79. The van der Waals surface area contributed by atoms with E-state index >= 15 is 0 Å². The van der Waals surface area contributed by atoms with Crippen LogP contribution < -0.4 is 24.8 Å². The van der Waals surface area contributed by atoms with Gasteiger partial charge in [-0.1, -0.05) is 24.3 Å². The van der Waals surface area contributed by atoms with Crippen molar-refractivity contribution in [1.82, 2.24) is 15.5 Å². The summed E-state index contributed by atoms with van der Waals surface area (Å²) in [6.07, 6.45) is 2.49. The van der Waals surface area contributed by atoms with Gasteiger partial charge in [0.25, 0.3) is 0 Å². The summed E-state index contributed by atoms with van der Waals surface area (Å²) in [5.41, 5.74) is 2.29. The third kappa shape index (κ3) is 5.82. The third-order valence-electron chi connectivity index (χ3n) is 5.70. The summed E-state index contributed by atoms with van der Waals surface area (Å²) < 4.78 is 16.3. The molecule has 0 aromatic heterocycles. The van der Waals surface area contributed by atoms with Crippen LogP contribution in [0.1, 0.15) is 30.0 Å². The zero-order valence-electron chi connectivity index (χ0n) is 19.0. The number of hydrogen-bond donors (Lipinski definition) is 2. The Bertz CT molecular complexity index is 848. The SMILES string of the molecule is CN=C(NCc1cccc(OC)c1OC)NCC(c1ccc(OC)cc1)N1CCCC1. The molecule has 1 saturated heterocycles. The number of methoxy groups -OCH3 is 3. The van der Waals surface area contributed by atoms with E-state index < -0.39 is 0 Å². The smallest absolute Gasteiger partial charge is 0.191 e. The number of hydrogen-bond acceptors (Lipinski definition) is 5. The molecule has 31 heavy (non-hydrogen) atoms. The van der Waals surface area contributed by atoms with E-state index in [-0.39, 0.29) is 6.04 Å². The Morgan fingerprint density at radius 1 is 0.968 bits per heavy atom. The summed E-state index contributed by atoms with van der Waals surface area (Å²) in [5.74, 6) is 3.09. The fourth-order valence-electron chi connectivity index (χ4n) is 4.02. The molecule has 2 aromatic carbocycles. The van der Waals surface area contributed by atoms with Crippen LogP contribution in [0.5, 0.6) is 17.2 Å². The summed E-state index contributed by atoms with van der Waals surface area (Å²) in [6.45, 7) is 3.58. The maximum atomic E-state index is 5.53. The van der Waals surface area contributed by atoms with Gasteiger partial charge in [0.15, 0.2) is 17.5 Å². The van der Waals surface area contributed by atoms with Crippen molar-refractivity contribution in [1.29, 1.82) is 0 Å². The topological polar surface area (TPSA) is 67.4 Å². The second-order valence-electron chi connectivity index (χ2n) is 7.49. The second-order valence-corrected chi connectivity index (χ2v) is 7.49. The first-order valence-electron chi connectivity index (χ1n) is 10.7. The Hall–Kier alpha value is -2.93. The van der Waals surface area contributed by atoms with Gasteiger partial charge in [0.2, 0.25) is 0 Å². The Morgan fingerprint density at radius 2 is 1.71 bits per heavy atom. The highest BCUT2D eigenvalue weighted by molar-refractivity contribution is 5.79.